The molecule has 0 aliphatic carbocycles. The first-order valence-corrected chi connectivity index (χ1v) is 9.79. The van der Waals surface area contributed by atoms with Crippen LogP contribution in [0.3, 0.4) is 0 Å². The van der Waals surface area contributed by atoms with Crippen LogP contribution in [-0.4, -0.2) is 37.4 Å². The van der Waals surface area contributed by atoms with Crippen LogP contribution in [0.25, 0.3) is 21.8 Å². The number of carbonyl (C=O) groups excluding carboxylic acids is 1. The van der Waals surface area contributed by atoms with Gasteiger partial charge in [-0.2, -0.15) is 23.0 Å². The zero-order chi connectivity index (χ0) is 22.6. The summed E-state index contributed by atoms with van der Waals surface area (Å²) in [5.41, 5.74) is 2.14. The summed E-state index contributed by atoms with van der Waals surface area (Å²) in [7, 11) is 0. The van der Waals surface area contributed by atoms with Crippen molar-refractivity contribution in [1.82, 2.24) is 30.0 Å². The number of aromatic nitrogens is 5. The molecule has 0 bridgehead atoms. The van der Waals surface area contributed by atoms with Crippen LogP contribution in [0.5, 0.6) is 0 Å². The van der Waals surface area contributed by atoms with Crippen LogP contribution >= 0.6 is 0 Å². The number of rotatable bonds is 1. The summed E-state index contributed by atoms with van der Waals surface area (Å²) in [5, 5.41) is 8.83. The van der Waals surface area contributed by atoms with E-state index in [0.717, 1.165) is 16.8 Å². The van der Waals surface area contributed by atoms with E-state index in [1.54, 1.807) is 26.2 Å². The topological polar surface area (TPSA) is 94.8 Å². The van der Waals surface area contributed by atoms with Crippen LogP contribution in [0, 0.1) is 13.8 Å². The van der Waals surface area contributed by atoms with Gasteiger partial charge in [0.05, 0.1) is 48.1 Å². The molecule has 5 rings (SSSR count). The molecule has 0 aromatic carbocycles. The molecule has 5 heterocycles. The van der Waals surface area contributed by atoms with Gasteiger partial charge in [-0.25, -0.2) is 14.8 Å². The van der Waals surface area contributed by atoms with Gasteiger partial charge in [0.25, 0.3) is 0 Å². The average Bonchev–Trinajstić information content (AvgIpc) is 3.11. The van der Waals surface area contributed by atoms with Crippen LogP contribution in [0.4, 0.5) is 18.0 Å². The van der Waals surface area contributed by atoms with Crippen LogP contribution in [0.2, 0.25) is 0 Å². The number of aryl methyl sites for hydroxylation is 2. The molecular weight excluding hydrogens is 425 g/mol. The lowest BCUT2D eigenvalue weighted by atomic mass is 10.0. The van der Waals surface area contributed by atoms with Crippen molar-refractivity contribution in [2.75, 3.05) is 6.61 Å². The quantitative estimate of drug-likeness (QED) is 0.481. The van der Waals surface area contributed by atoms with E-state index in [2.05, 4.69) is 25.4 Å². The van der Waals surface area contributed by atoms with Crippen molar-refractivity contribution in [1.29, 1.82) is 0 Å². The van der Waals surface area contributed by atoms with E-state index >= 15 is 0 Å². The summed E-state index contributed by atoms with van der Waals surface area (Å²) < 4.78 is 45.6. The van der Waals surface area contributed by atoms with E-state index in [1.807, 2.05) is 6.07 Å². The molecule has 0 saturated heterocycles. The maximum absolute atomic E-state index is 13.2. The monoisotopic (exact) mass is 442 g/mol. The standard InChI is InChI=1S/C21H17F3N6O2/c1-10-18-13-5-6-25-7-14(13)26-11(2)19(18)30(29-10)20(31)28-16-9-32-8-15-12(16)3-4-17(27-15)21(22,23)24/h3-7,16H,8-9H2,1-2H3,(H,28,31)/t16-/m1/s1. The molecule has 32 heavy (non-hydrogen) atoms. The van der Waals surface area contributed by atoms with Gasteiger partial charge in [0.1, 0.15) is 11.2 Å². The Kier molecular flexibility index (Phi) is 4.59. The minimum Gasteiger partial charge on any atom is -0.373 e. The molecule has 8 nitrogen and oxygen atoms in total. The highest BCUT2D eigenvalue weighted by molar-refractivity contribution is 6.08. The van der Waals surface area contributed by atoms with E-state index in [-0.39, 0.29) is 18.9 Å². The molecule has 1 aliphatic rings. The Morgan fingerprint density at radius 1 is 1.19 bits per heavy atom. The fourth-order valence-electron chi connectivity index (χ4n) is 4.05. The minimum absolute atomic E-state index is 0.0571. The molecule has 4 aromatic rings. The maximum Gasteiger partial charge on any atom is 0.433 e. The zero-order valence-corrected chi connectivity index (χ0v) is 17.1. The zero-order valence-electron chi connectivity index (χ0n) is 17.1. The van der Waals surface area contributed by atoms with Gasteiger partial charge in [0.15, 0.2) is 0 Å². The second-order valence-corrected chi connectivity index (χ2v) is 7.56. The summed E-state index contributed by atoms with van der Waals surface area (Å²) in [6.07, 6.45) is -1.26. The number of nitrogens with one attached hydrogen (secondary N) is 1. The first-order valence-electron chi connectivity index (χ1n) is 9.79. The third kappa shape index (κ3) is 3.25. The Balaban J connectivity index is 1.53. The molecule has 0 spiro atoms. The predicted octanol–water partition coefficient (Wildman–Crippen LogP) is 3.84. The highest BCUT2D eigenvalue weighted by atomic mass is 19.4. The molecule has 1 amide bonds. The number of nitrogens with zero attached hydrogens (tertiary/aromatic N) is 5. The van der Waals surface area contributed by atoms with Crippen molar-refractivity contribution in [3.8, 4) is 0 Å². The van der Waals surface area contributed by atoms with Gasteiger partial charge >= 0.3 is 12.2 Å². The second kappa shape index (κ2) is 7.23. The second-order valence-electron chi connectivity index (χ2n) is 7.56. The lowest BCUT2D eigenvalue weighted by Gasteiger charge is -2.26. The fraction of sp³-hybridized carbons (Fsp3) is 0.286. The lowest BCUT2D eigenvalue weighted by Crippen LogP contribution is -2.38. The molecule has 0 saturated carbocycles. The number of pyridine rings is 3. The van der Waals surface area contributed by atoms with E-state index in [9.17, 15) is 18.0 Å². The molecule has 11 heteroatoms. The smallest absolute Gasteiger partial charge is 0.373 e. The summed E-state index contributed by atoms with van der Waals surface area (Å²) >= 11 is 0. The number of halogens is 3. The normalized spacial score (nSPS) is 16.3. The summed E-state index contributed by atoms with van der Waals surface area (Å²) in [6, 6.07) is 2.85. The van der Waals surface area contributed by atoms with Crippen LogP contribution in [0.15, 0.2) is 30.6 Å². The van der Waals surface area contributed by atoms with Crippen molar-refractivity contribution in [2.45, 2.75) is 32.7 Å². The van der Waals surface area contributed by atoms with Crippen molar-refractivity contribution in [2.24, 2.45) is 0 Å². The van der Waals surface area contributed by atoms with Crippen molar-refractivity contribution in [3.63, 3.8) is 0 Å². The van der Waals surface area contributed by atoms with Crippen LogP contribution in [0.1, 0.15) is 34.4 Å². The molecule has 1 atom stereocenters. The molecule has 0 unspecified atom stereocenters. The van der Waals surface area contributed by atoms with Crippen molar-refractivity contribution in [3.05, 3.63) is 58.9 Å². The first-order chi connectivity index (χ1) is 15.2. The number of carbonyl (C=O) groups is 1. The first kappa shape index (κ1) is 20.3. The molecule has 1 aliphatic heterocycles. The number of amides is 1. The number of hydrogen-bond donors (Lipinski definition) is 1. The minimum atomic E-state index is -4.56. The average molecular weight is 442 g/mol. The third-order valence-corrected chi connectivity index (χ3v) is 5.45. The molecule has 0 fully saturated rings. The molecule has 4 aromatic heterocycles. The Bertz CT molecular complexity index is 1380. The highest BCUT2D eigenvalue weighted by Crippen LogP contribution is 2.32. The van der Waals surface area contributed by atoms with Gasteiger partial charge in [0, 0.05) is 22.5 Å². The van der Waals surface area contributed by atoms with Crippen molar-refractivity contribution >= 4 is 27.8 Å². The number of fused-ring (bicyclic) bond motifs is 4. The highest BCUT2D eigenvalue weighted by Gasteiger charge is 2.35. The van der Waals surface area contributed by atoms with Crippen LogP contribution < -0.4 is 5.32 Å². The Hall–Kier alpha value is -3.60. The van der Waals surface area contributed by atoms with E-state index < -0.39 is 23.9 Å². The van der Waals surface area contributed by atoms with Gasteiger partial charge < -0.3 is 10.1 Å². The van der Waals surface area contributed by atoms with E-state index in [1.165, 1.54) is 10.7 Å². The summed E-state index contributed by atoms with van der Waals surface area (Å²) in [6.45, 7) is 3.63. The molecule has 0 radical (unpaired) electrons. The summed E-state index contributed by atoms with van der Waals surface area (Å²) in [4.78, 5) is 25.5. The van der Waals surface area contributed by atoms with E-state index in [4.69, 9.17) is 4.74 Å². The number of ether oxygens (including phenoxy) is 1. The largest absolute Gasteiger partial charge is 0.433 e. The SMILES string of the molecule is Cc1nn(C(=O)N[C@@H]2COCc3nc(C(F)(F)F)ccc32)c2c(C)nc3cnccc3c12. The number of alkyl halides is 3. The Morgan fingerprint density at radius 3 is 2.78 bits per heavy atom. The Morgan fingerprint density at radius 2 is 2.00 bits per heavy atom. The van der Waals surface area contributed by atoms with Gasteiger partial charge in [0.2, 0.25) is 0 Å². The molecule has 1 N–H and O–H groups in total. The summed E-state index contributed by atoms with van der Waals surface area (Å²) in [5.74, 6) is 0. The van der Waals surface area contributed by atoms with Gasteiger partial charge in [-0.05, 0) is 26.0 Å². The third-order valence-electron chi connectivity index (χ3n) is 5.45. The van der Waals surface area contributed by atoms with Crippen molar-refractivity contribution < 1.29 is 22.7 Å². The fourth-order valence-corrected chi connectivity index (χ4v) is 4.05. The van der Waals surface area contributed by atoms with E-state index in [0.29, 0.717) is 28.0 Å². The number of hydrogen-bond acceptors (Lipinski definition) is 6. The van der Waals surface area contributed by atoms with Gasteiger partial charge in [-0.3, -0.25) is 4.98 Å². The van der Waals surface area contributed by atoms with Gasteiger partial charge in [-0.1, -0.05) is 6.07 Å². The van der Waals surface area contributed by atoms with Gasteiger partial charge in [-0.15, -0.1) is 0 Å². The predicted molar refractivity (Wildman–Crippen MR) is 108 cm³/mol. The maximum atomic E-state index is 13.2. The molecular formula is C21H17F3N6O2. The lowest BCUT2D eigenvalue weighted by molar-refractivity contribution is -0.141. The molecule has 164 valence electrons. The Labute approximate surface area is 179 Å². The van der Waals surface area contributed by atoms with Crippen LogP contribution in [-0.2, 0) is 17.5 Å².